The Labute approximate surface area is 116 Å². The Morgan fingerprint density at radius 2 is 2.26 bits per heavy atom. The number of rotatable bonds is 6. The third-order valence-electron chi connectivity index (χ3n) is 2.69. The maximum atomic E-state index is 11.3. The van der Waals surface area contributed by atoms with Crippen LogP contribution in [0.2, 0.25) is 0 Å². The highest BCUT2D eigenvalue weighted by atomic mass is 32.1. The SMILES string of the molecule is CCCCOc1ccc2nc(NC(=O)CC)sc2c1. The number of fused-ring (bicyclic) bond motifs is 1. The van der Waals surface area contributed by atoms with Crippen LogP contribution in [0.3, 0.4) is 0 Å². The van der Waals surface area contributed by atoms with Crippen LogP contribution >= 0.6 is 11.3 Å². The first-order valence-corrected chi connectivity index (χ1v) is 7.37. The molecule has 2 aromatic rings. The van der Waals surface area contributed by atoms with Gasteiger partial charge in [0.05, 0.1) is 16.8 Å². The van der Waals surface area contributed by atoms with E-state index in [1.807, 2.05) is 25.1 Å². The largest absolute Gasteiger partial charge is 0.494 e. The molecule has 1 amide bonds. The van der Waals surface area contributed by atoms with Crippen LogP contribution in [0.15, 0.2) is 18.2 Å². The van der Waals surface area contributed by atoms with Gasteiger partial charge in [0.25, 0.3) is 0 Å². The molecule has 2 rings (SSSR count). The number of aromatic nitrogens is 1. The van der Waals surface area contributed by atoms with Crippen molar-refractivity contribution in [2.75, 3.05) is 11.9 Å². The Morgan fingerprint density at radius 1 is 1.42 bits per heavy atom. The van der Waals surface area contributed by atoms with E-state index in [2.05, 4.69) is 17.2 Å². The molecule has 4 nitrogen and oxygen atoms in total. The average molecular weight is 278 g/mol. The Balaban J connectivity index is 2.11. The van der Waals surface area contributed by atoms with Crippen LogP contribution in [0.25, 0.3) is 10.2 Å². The second kappa shape index (κ2) is 6.52. The number of ether oxygens (including phenoxy) is 1. The number of nitrogens with zero attached hydrogens (tertiary/aromatic N) is 1. The maximum absolute atomic E-state index is 11.3. The van der Waals surface area contributed by atoms with Gasteiger partial charge in [0.2, 0.25) is 5.91 Å². The van der Waals surface area contributed by atoms with E-state index >= 15 is 0 Å². The highest BCUT2D eigenvalue weighted by Crippen LogP contribution is 2.29. The summed E-state index contributed by atoms with van der Waals surface area (Å²) in [6.45, 7) is 4.70. The fourth-order valence-electron chi connectivity index (χ4n) is 1.59. The maximum Gasteiger partial charge on any atom is 0.225 e. The quantitative estimate of drug-likeness (QED) is 0.817. The average Bonchev–Trinajstić information content (AvgIpc) is 2.80. The Hall–Kier alpha value is -1.62. The monoisotopic (exact) mass is 278 g/mol. The van der Waals surface area contributed by atoms with Crippen LogP contribution in [-0.4, -0.2) is 17.5 Å². The second-order valence-corrected chi connectivity index (χ2v) is 5.28. The Kier molecular flexibility index (Phi) is 4.74. The molecule has 1 N–H and O–H groups in total. The molecule has 1 aromatic carbocycles. The normalized spacial score (nSPS) is 10.6. The third kappa shape index (κ3) is 3.67. The van der Waals surface area contributed by atoms with Crippen molar-refractivity contribution in [3.05, 3.63) is 18.2 Å². The van der Waals surface area contributed by atoms with Crippen molar-refractivity contribution in [1.82, 2.24) is 4.98 Å². The van der Waals surface area contributed by atoms with Gasteiger partial charge in [-0.25, -0.2) is 4.98 Å². The van der Waals surface area contributed by atoms with E-state index in [1.165, 1.54) is 11.3 Å². The van der Waals surface area contributed by atoms with Crippen LogP contribution in [0.5, 0.6) is 5.75 Å². The van der Waals surface area contributed by atoms with Gasteiger partial charge in [-0.15, -0.1) is 0 Å². The van der Waals surface area contributed by atoms with Gasteiger partial charge in [0.1, 0.15) is 5.75 Å². The summed E-state index contributed by atoms with van der Waals surface area (Å²) >= 11 is 1.47. The number of amides is 1. The highest BCUT2D eigenvalue weighted by Gasteiger charge is 2.07. The zero-order valence-electron chi connectivity index (χ0n) is 11.2. The first kappa shape index (κ1) is 13.8. The molecule has 1 heterocycles. The fraction of sp³-hybridized carbons (Fsp3) is 0.429. The topological polar surface area (TPSA) is 51.2 Å². The molecule has 0 unspecified atom stereocenters. The molecule has 5 heteroatoms. The van der Waals surface area contributed by atoms with Crippen molar-refractivity contribution in [1.29, 1.82) is 0 Å². The zero-order chi connectivity index (χ0) is 13.7. The lowest BCUT2D eigenvalue weighted by Gasteiger charge is -2.04. The van der Waals surface area contributed by atoms with Crippen molar-refractivity contribution in [2.45, 2.75) is 33.1 Å². The number of hydrogen-bond acceptors (Lipinski definition) is 4. The summed E-state index contributed by atoms with van der Waals surface area (Å²) in [5.74, 6) is 0.844. The van der Waals surface area contributed by atoms with Crippen LogP contribution in [-0.2, 0) is 4.79 Å². The summed E-state index contributed by atoms with van der Waals surface area (Å²) in [4.78, 5) is 15.7. The second-order valence-electron chi connectivity index (χ2n) is 4.25. The number of carbonyl (C=O) groups is 1. The predicted octanol–water partition coefficient (Wildman–Crippen LogP) is 3.82. The van der Waals surface area contributed by atoms with Gasteiger partial charge in [0, 0.05) is 6.42 Å². The first-order valence-electron chi connectivity index (χ1n) is 6.56. The number of benzene rings is 1. The molecule has 0 aliphatic rings. The molecule has 0 bridgehead atoms. The van der Waals surface area contributed by atoms with E-state index in [4.69, 9.17) is 4.74 Å². The molecule has 0 spiro atoms. The molecule has 0 saturated carbocycles. The summed E-state index contributed by atoms with van der Waals surface area (Å²) in [6.07, 6.45) is 2.63. The van der Waals surface area contributed by atoms with Crippen LogP contribution in [0, 0.1) is 0 Å². The molecule has 0 aliphatic carbocycles. The van der Waals surface area contributed by atoms with Gasteiger partial charge in [-0.2, -0.15) is 0 Å². The van der Waals surface area contributed by atoms with E-state index in [9.17, 15) is 4.79 Å². The first-order chi connectivity index (χ1) is 9.22. The van der Waals surface area contributed by atoms with Gasteiger partial charge >= 0.3 is 0 Å². The molecule has 102 valence electrons. The van der Waals surface area contributed by atoms with Crippen molar-refractivity contribution in [3.63, 3.8) is 0 Å². The molecular formula is C14H18N2O2S. The molecule has 0 saturated heterocycles. The lowest BCUT2D eigenvalue weighted by molar-refractivity contribution is -0.115. The van der Waals surface area contributed by atoms with Crippen molar-refractivity contribution in [3.8, 4) is 5.75 Å². The summed E-state index contributed by atoms with van der Waals surface area (Å²) in [5, 5.41) is 3.43. The summed E-state index contributed by atoms with van der Waals surface area (Å²) in [5.41, 5.74) is 0.888. The van der Waals surface area contributed by atoms with Gasteiger partial charge in [-0.1, -0.05) is 31.6 Å². The molecular weight excluding hydrogens is 260 g/mol. The smallest absolute Gasteiger partial charge is 0.225 e. The van der Waals surface area contributed by atoms with Gasteiger partial charge in [-0.3, -0.25) is 4.79 Å². The highest BCUT2D eigenvalue weighted by molar-refractivity contribution is 7.22. The van der Waals surface area contributed by atoms with E-state index in [0.29, 0.717) is 11.6 Å². The minimum Gasteiger partial charge on any atom is -0.494 e. The van der Waals surface area contributed by atoms with E-state index in [1.54, 1.807) is 0 Å². The molecule has 19 heavy (non-hydrogen) atoms. The predicted molar refractivity (Wildman–Crippen MR) is 78.9 cm³/mol. The van der Waals surface area contributed by atoms with E-state index < -0.39 is 0 Å². The number of nitrogens with one attached hydrogen (secondary N) is 1. The number of hydrogen-bond donors (Lipinski definition) is 1. The van der Waals surface area contributed by atoms with E-state index in [-0.39, 0.29) is 5.91 Å². The number of thiazole rings is 1. The van der Waals surface area contributed by atoms with Crippen molar-refractivity contribution in [2.24, 2.45) is 0 Å². The van der Waals surface area contributed by atoms with E-state index in [0.717, 1.165) is 35.4 Å². The van der Waals surface area contributed by atoms with Gasteiger partial charge in [0.15, 0.2) is 5.13 Å². The number of unbranched alkanes of at least 4 members (excludes halogenated alkanes) is 1. The molecule has 0 atom stereocenters. The Morgan fingerprint density at radius 3 is 3.00 bits per heavy atom. The molecule has 0 fully saturated rings. The minimum atomic E-state index is -0.0153. The fourth-order valence-corrected chi connectivity index (χ4v) is 2.50. The number of anilines is 1. The zero-order valence-corrected chi connectivity index (χ0v) is 12.0. The molecule has 0 radical (unpaired) electrons. The molecule has 0 aliphatic heterocycles. The third-order valence-corrected chi connectivity index (χ3v) is 3.63. The van der Waals surface area contributed by atoms with Crippen LogP contribution < -0.4 is 10.1 Å². The summed E-state index contributed by atoms with van der Waals surface area (Å²) < 4.78 is 6.69. The van der Waals surface area contributed by atoms with Crippen molar-refractivity contribution >= 4 is 32.6 Å². The van der Waals surface area contributed by atoms with Crippen LogP contribution in [0.1, 0.15) is 33.1 Å². The van der Waals surface area contributed by atoms with Crippen molar-refractivity contribution < 1.29 is 9.53 Å². The Bertz CT molecular complexity index is 566. The van der Waals surface area contributed by atoms with Crippen LogP contribution in [0.4, 0.5) is 5.13 Å². The summed E-state index contributed by atoms with van der Waals surface area (Å²) in [7, 11) is 0. The number of carbonyl (C=O) groups excluding carboxylic acids is 1. The summed E-state index contributed by atoms with van der Waals surface area (Å²) in [6, 6.07) is 5.82. The van der Waals surface area contributed by atoms with Gasteiger partial charge in [-0.05, 0) is 24.6 Å². The van der Waals surface area contributed by atoms with Gasteiger partial charge < -0.3 is 10.1 Å². The molecule has 1 aromatic heterocycles. The lowest BCUT2D eigenvalue weighted by Crippen LogP contribution is -2.08. The minimum absolute atomic E-state index is 0.0153. The standard InChI is InChI=1S/C14H18N2O2S/c1-3-5-8-18-10-6-7-11-12(9-10)19-14(15-11)16-13(17)4-2/h6-7,9H,3-5,8H2,1-2H3,(H,15,16,17). The lowest BCUT2D eigenvalue weighted by atomic mass is 10.3.